The summed E-state index contributed by atoms with van der Waals surface area (Å²) < 4.78 is 5.46. The number of benzene rings is 4. The zero-order chi connectivity index (χ0) is 27.4. The number of aryl methyl sites for hydroxylation is 1. The minimum absolute atomic E-state index is 0.0971. The molecule has 1 aliphatic heterocycles. The van der Waals surface area contributed by atoms with Gasteiger partial charge in [0.25, 0.3) is 5.91 Å². The van der Waals surface area contributed by atoms with Gasteiger partial charge in [-0.3, -0.25) is 9.59 Å². The lowest BCUT2D eigenvalue weighted by Gasteiger charge is -2.32. The Morgan fingerprint density at radius 3 is 2.49 bits per heavy atom. The lowest BCUT2D eigenvalue weighted by Crippen LogP contribution is -2.30. The van der Waals surface area contributed by atoms with Crippen molar-refractivity contribution in [3.8, 4) is 16.9 Å². The molecule has 5 rings (SSSR count). The highest BCUT2D eigenvalue weighted by Crippen LogP contribution is 2.31. The van der Waals surface area contributed by atoms with E-state index in [0.29, 0.717) is 11.1 Å². The molecule has 4 aromatic carbocycles. The van der Waals surface area contributed by atoms with Crippen LogP contribution >= 0.6 is 0 Å². The van der Waals surface area contributed by atoms with Gasteiger partial charge < -0.3 is 20.7 Å². The molecular formula is C33H33N3O3. The zero-order valence-corrected chi connectivity index (χ0v) is 22.3. The number of carbonyl (C=O) groups is 2. The van der Waals surface area contributed by atoms with Crippen molar-refractivity contribution in [1.29, 1.82) is 0 Å². The predicted octanol–water partition coefficient (Wildman–Crippen LogP) is 5.90. The summed E-state index contributed by atoms with van der Waals surface area (Å²) in [5, 5.41) is 3.11. The number of nitrogens with zero attached hydrogens (tertiary/aromatic N) is 1. The fourth-order valence-corrected chi connectivity index (χ4v) is 5.32. The Morgan fingerprint density at radius 1 is 0.974 bits per heavy atom. The molecule has 39 heavy (non-hydrogen) atoms. The minimum Gasteiger partial charge on any atom is -0.496 e. The number of para-hydroxylation sites is 1. The summed E-state index contributed by atoms with van der Waals surface area (Å²) in [4.78, 5) is 27.3. The van der Waals surface area contributed by atoms with E-state index in [1.54, 1.807) is 13.2 Å². The maximum atomic E-state index is 13.1. The first-order valence-electron chi connectivity index (χ1n) is 13.2. The average molecular weight is 520 g/mol. The smallest absolute Gasteiger partial charge is 0.251 e. The number of hydrogen-bond acceptors (Lipinski definition) is 4. The monoisotopic (exact) mass is 519 g/mol. The van der Waals surface area contributed by atoms with E-state index in [4.69, 9.17) is 10.5 Å². The highest BCUT2D eigenvalue weighted by atomic mass is 16.5. The minimum atomic E-state index is -0.429. The number of nitrogens with one attached hydrogen (secondary N) is 1. The van der Waals surface area contributed by atoms with Crippen LogP contribution in [0.3, 0.4) is 0 Å². The zero-order valence-electron chi connectivity index (χ0n) is 22.3. The van der Waals surface area contributed by atoms with Gasteiger partial charge in [0.05, 0.1) is 13.2 Å². The molecule has 0 bridgehead atoms. The van der Waals surface area contributed by atoms with E-state index in [-0.39, 0.29) is 11.9 Å². The molecule has 0 radical (unpaired) electrons. The number of carbonyl (C=O) groups excluding carboxylic acids is 2. The van der Waals surface area contributed by atoms with Crippen LogP contribution in [-0.4, -0.2) is 25.5 Å². The summed E-state index contributed by atoms with van der Waals surface area (Å²) >= 11 is 0. The molecule has 0 saturated carbocycles. The molecule has 4 aromatic rings. The van der Waals surface area contributed by atoms with E-state index in [0.717, 1.165) is 48.4 Å². The van der Waals surface area contributed by atoms with Crippen LogP contribution in [-0.2, 0) is 13.0 Å². The summed E-state index contributed by atoms with van der Waals surface area (Å²) in [7, 11) is 1.64. The molecule has 0 aromatic heterocycles. The van der Waals surface area contributed by atoms with Gasteiger partial charge in [-0.05, 0) is 72.4 Å². The van der Waals surface area contributed by atoms with E-state index < -0.39 is 5.91 Å². The number of amides is 2. The summed E-state index contributed by atoms with van der Waals surface area (Å²) in [5.41, 5.74) is 13.0. The van der Waals surface area contributed by atoms with E-state index >= 15 is 0 Å². The molecule has 2 amide bonds. The first-order chi connectivity index (χ1) is 18.9. The second-order valence-electron chi connectivity index (χ2n) is 9.91. The summed E-state index contributed by atoms with van der Waals surface area (Å²) in [6, 6.07) is 29.2. The molecule has 1 unspecified atom stereocenters. The van der Waals surface area contributed by atoms with Gasteiger partial charge in [0.15, 0.2) is 0 Å². The third-order valence-electron chi connectivity index (χ3n) is 7.34. The van der Waals surface area contributed by atoms with Crippen molar-refractivity contribution in [1.82, 2.24) is 5.32 Å². The Hall–Kier alpha value is -4.58. The topological polar surface area (TPSA) is 84.7 Å². The quantitative estimate of drug-likeness (QED) is 0.303. The van der Waals surface area contributed by atoms with Crippen LogP contribution in [0.5, 0.6) is 5.75 Å². The van der Waals surface area contributed by atoms with Gasteiger partial charge in [0.1, 0.15) is 5.75 Å². The number of hydrogen-bond donors (Lipinski definition) is 2. The Kier molecular flexibility index (Phi) is 7.64. The molecule has 0 spiro atoms. The van der Waals surface area contributed by atoms with E-state index in [9.17, 15) is 9.59 Å². The fourth-order valence-electron chi connectivity index (χ4n) is 5.32. The number of anilines is 1. The van der Waals surface area contributed by atoms with Crippen molar-refractivity contribution in [3.05, 3.63) is 119 Å². The first-order valence-corrected chi connectivity index (χ1v) is 13.2. The molecule has 0 aliphatic carbocycles. The van der Waals surface area contributed by atoms with Crippen molar-refractivity contribution in [2.75, 3.05) is 18.6 Å². The first kappa shape index (κ1) is 26.0. The Bertz CT molecular complexity index is 1500. The summed E-state index contributed by atoms with van der Waals surface area (Å²) in [6.45, 7) is 3.68. The number of nitrogens with two attached hydrogens (primary N) is 1. The van der Waals surface area contributed by atoms with E-state index in [1.807, 2.05) is 73.7 Å². The van der Waals surface area contributed by atoms with Gasteiger partial charge in [-0.1, -0.05) is 60.7 Å². The van der Waals surface area contributed by atoms with Gasteiger partial charge in [-0.15, -0.1) is 0 Å². The molecule has 1 aliphatic rings. The normalized spacial score (nSPS) is 13.3. The van der Waals surface area contributed by atoms with Gasteiger partial charge in [-0.2, -0.15) is 0 Å². The van der Waals surface area contributed by atoms with Crippen LogP contribution in [0.25, 0.3) is 11.1 Å². The Morgan fingerprint density at radius 2 is 1.72 bits per heavy atom. The average Bonchev–Trinajstić information content (AvgIpc) is 2.97. The third kappa shape index (κ3) is 5.65. The highest BCUT2D eigenvalue weighted by molar-refractivity contribution is 5.99. The number of rotatable bonds is 8. The van der Waals surface area contributed by atoms with Crippen molar-refractivity contribution in [2.45, 2.75) is 32.4 Å². The van der Waals surface area contributed by atoms with Gasteiger partial charge in [0, 0.05) is 35.5 Å². The Labute approximate surface area is 229 Å². The van der Waals surface area contributed by atoms with Crippen LogP contribution in [0, 0.1) is 0 Å². The highest BCUT2D eigenvalue weighted by Gasteiger charge is 2.21. The molecule has 0 saturated heterocycles. The van der Waals surface area contributed by atoms with E-state index in [1.165, 1.54) is 16.8 Å². The number of fused-ring (bicyclic) bond motifs is 1. The molecule has 198 valence electrons. The maximum Gasteiger partial charge on any atom is 0.251 e. The second-order valence-corrected chi connectivity index (χ2v) is 9.91. The van der Waals surface area contributed by atoms with Crippen LogP contribution in [0.15, 0.2) is 91.0 Å². The number of methoxy groups -OCH3 is 1. The van der Waals surface area contributed by atoms with Crippen molar-refractivity contribution in [3.63, 3.8) is 0 Å². The molecular weight excluding hydrogens is 486 g/mol. The molecule has 1 atom stereocenters. The maximum absolute atomic E-state index is 13.1. The SMILES string of the molecule is COc1ccccc1C(C)NC(=O)c1ccc2c(c1)CCCN2Cc1ccc(-c2ccccc2C(N)=O)cc1. The fraction of sp³-hybridized carbons (Fsp3) is 0.212. The van der Waals surface area contributed by atoms with Crippen LogP contribution in [0.2, 0.25) is 0 Å². The van der Waals surface area contributed by atoms with Crippen LogP contribution < -0.4 is 20.7 Å². The molecule has 6 heteroatoms. The molecule has 6 nitrogen and oxygen atoms in total. The second kappa shape index (κ2) is 11.4. The standard InChI is InChI=1S/C33H33N3O3/c1-22(27-9-5-6-12-31(27)39-2)35-33(38)26-17-18-30-25(20-26)8-7-19-36(30)21-23-13-15-24(16-14-23)28-10-3-4-11-29(28)32(34)37/h3-6,9-18,20,22H,7-8,19,21H2,1-2H3,(H2,34,37)(H,35,38). The van der Waals surface area contributed by atoms with Gasteiger partial charge in [-0.25, -0.2) is 0 Å². The lowest BCUT2D eigenvalue weighted by atomic mass is 9.96. The largest absolute Gasteiger partial charge is 0.496 e. The van der Waals surface area contributed by atoms with Gasteiger partial charge >= 0.3 is 0 Å². The third-order valence-corrected chi connectivity index (χ3v) is 7.34. The Balaban J connectivity index is 1.29. The number of primary amides is 1. The summed E-state index contributed by atoms with van der Waals surface area (Å²) in [5.74, 6) is 0.235. The molecule has 3 N–H and O–H groups in total. The van der Waals surface area contributed by atoms with Crippen molar-refractivity contribution < 1.29 is 14.3 Å². The predicted molar refractivity (Wildman–Crippen MR) is 155 cm³/mol. The van der Waals surface area contributed by atoms with Gasteiger partial charge in [0.2, 0.25) is 5.91 Å². The van der Waals surface area contributed by atoms with Crippen LogP contribution in [0.1, 0.15) is 56.8 Å². The van der Waals surface area contributed by atoms with Crippen molar-refractivity contribution >= 4 is 17.5 Å². The number of ether oxygens (including phenoxy) is 1. The molecule has 1 heterocycles. The lowest BCUT2D eigenvalue weighted by molar-refractivity contribution is 0.0938. The summed E-state index contributed by atoms with van der Waals surface area (Å²) in [6.07, 6.45) is 1.97. The van der Waals surface area contributed by atoms with Crippen LogP contribution in [0.4, 0.5) is 5.69 Å². The molecule has 0 fully saturated rings. The van der Waals surface area contributed by atoms with Crippen molar-refractivity contribution in [2.24, 2.45) is 5.73 Å². The van der Waals surface area contributed by atoms with E-state index in [2.05, 4.69) is 28.4 Å².